The number of carbonyl (C=O) groups is 2. The number of nitro groups is 1. The lowest BCUT2D eigenvalue weighted by Crippen LogP contribution is -2.30. The first-order valence-electron chi connectivity index (χ1n) is 13.6. The maximum Gasteiger partial charge on any atom is 0.293 e. The fourth-order valence-electron chi connectivity index (χ4n) is 4.70. The van der Waals surface area contributed by atoms with Crippen molar-refractivity contribution in [2.24, 2.45) is 0 Å². The van der Waals surface area contributed by atoms with Crippen molar-refractivity contribution in [3.8, 4) is 11.1 Å². The largest absolute Gasteiger partial charge is 0.379 e. The Balaban J connectivity index is 1.26. The van der Waals surface area contributed by atoms with E-state index < -0.39 is 31.4 Å². The van der Waals surface area contributed by atoms with E-state index in [1.807, 2.05) is 42.0 Å². The number of carbonyl (C=O) groups excluding carboxylic acids is 2. The van der Waals surface area contributed by atoms with Crippen molar-refractivity contribution in [3.63, 3.8) is 0 Å². The molecule has 0 atom stereocenters. The van der Waals surface area contributed by atoms with Crippen LogP contribution in [-0.4, -0.2) is 37.8 Å². The van der Waals surface area contributed by atoms with Crippen molar-refractivity contribution in [1.29, 1.82) is 0 Å². The van der Waals surface area contributed by atoms with E-state index >= 15 is 0 Å². The van der Waals surface area contributed by atoms with Gasteiger partial charge in [-0.3, -0.25) is 19.7 Å². The van der Waals surface area contributed by atoms with Crippen molar-refractivity contribution in [2.45, 2.75) is 16.7 Å². The van der Waals surface area contributed by atoms with Gasteiger partial charge in [0.25, 0.3) is 21.6 Å². The average Bonchev–Trinajstić information content (AvgIpc) is 3.37. The summed E-state index contributed by atoms with van der Waals surface area (Å²) in [6.07, 6.45) is 2.60. The summed E-state index contributed by atoms with van der Waals surface area (Å²) in [5.74, 6) is -0.367. The molecule has 0 unspecified atom stereocenters. The molecule has 12 heteroatoms. The number of nitro benzene ring substituents is 1. The summed E-state index contributed by atoms with van der Waals surface area (Å²) in [6, 6.07) is 23.1. The Morgan fingerprint density at radius 3 is 2.47 bits per heavy atom. The Morgan fingerprint density at radius 2 is 1.76 bits per heavy atom. The molecule has 5 aromatic rings. The molecule has 5 rings (SSSR count). The number of amides is 1. The minimum Gasteiger partial charge on any atom is -0.379 e. The summed E-state index contributed by atoms with van der Waals surface area (Å²) < 4.78 is 29.2. The van der Waals surface area contributed by atoms with Crippen LogP contribution in [-0.2, 0) is 10.0 Å². The third kappa shape index (κ3) is 6.98. The number of thiophene rings is 1. The minimum atomic E-state index is -4.42. The summed E-state index contributed by atoms with van der Waals surface area (Å²) in [7, 11) is -4.42. The van der Waals surface area contributed by atoms with Gasteiger partial charge >= 0.3 is 0 Å². The molecular weight excluding hydrogens is 631 g/mol. The predicted molar refractivity (Wildman–Crippen MR) is 181 cm³/mol. The average molecular weight is 658 g/mol. The van der Waals surface area contributed by atoms with Crippen LogP contribution in [0, 0.1) is 17.0 Å². The molecule has 0 saturated heterocycles. The Labute approximate surface area is 268 Å². The number of aldehydes is 1. The number of nitrogens with zero attached hydrogens (tertiary/aromatic N) is 1. The van der Waals surface area contributed by atoms with Gasteiger partial charge in [0.2, 0.25) is 0 Å². The molecule has 0 saturated carbocycles. The molecule has 1 amide bonds. The van der Waals surface area contributed by atoms with Crippen LogP contribution in [0.15, 0.2) is 101 Å². The molecule has 0 aliphatic heterocycles. The van der Waals surface area contributed by atoms with Gasteiger partial charge in [0.15, 0.2) is 6.29 Å². The van der Waals surface area contributed by atoms with Crippen LogP contribution in [0.25, 0.3) is 27.3 Å². The highest BCUT2D eigenvalue weighted by Gasteiger charge is 2.24. The Kier molecular flexibility index (Phi) is 9.47. The second kappa shape index (κ2) is 13.5. The fourth-order valence-corrected chi connectivity index (χ4v) is 7.62. The van der Waals surface area contributed by atoms with E-state index in [9.17, 15) is 28.1 Å². The Morgan fingerprint density at radius 1 is 1.02 bits per heavy atom. The standard InChI is InChI=1S/C33H27N3O6S3/c1-3-30-21(2)27-18-24(12-15-32(27)44-30)22-8-10-23(11-9-22)33(38)35-45(41,42)26-13-14-28(29(19-26)36(39)40)34-16-17-43-31-7-5-4-6-25(31)20-37/h3-15,18-20,34H,1,16-17H2,2H3,(H,35,38). The van der Waals surface area contributed by atoms with Crippen molar-refractivity contribution in [2.75, 3.05) is 17.6 Å². The van der Waals surface area contributed by atoms with Crippen LogP contribution >= 0.6 is 23.1 Å². The number of thioether (sulfide) groups is 1. The molecular formula is C33H27N3O6S3. The second-order valence-corrected chi connectivity index (χ2v) is 13.8. The summed E-state index contributed by atoms with van der Waals surface area (Å²) in [6.45, 7) is 6.23. The van der Waals surface area contributed by atoms with Gasteiger partial charge in [0.05, 0.1) is 9.82 Å². The van der Waals surface area contributed by atoms with Crippen molar-refractivity contribution >= 4 is 72.9 Å². The van der Waals surface area contributed by atoms with E-state index in [0.717, 1.165) is 48.9 Å². The SMILES string of the molecule is C=Cc1sc2ccc(-c3ccc(C(=O)NS(=O)(=O)c4ccc(NCCSc5ccccc5C=O)c([N+](=O)[O-])c4)cc3)cc2c1C. The maximum atomic E-state index is 13.0. The quantitative estimate of drug-likeness (QED) is 0.0461. The first-order valence-corrected chi connectivity index (χ1v) is 16.9. The summed E-state index contributed by atoms with van der Waals surface area (Å²) >= 11 is 3.08. The van der Waals surface area contributed by atoms with Gasteiger partial charge in [-0.25, -0.2) is 13.1 Å². The maximum absolute atomic E-state index is 13.0. The number of fused-ring (bicyclic) bond motifs is 1. The van der Waals surface area contributed by atoms with Crippen LogP contribution in [0.5, 0.6) is 0 Å². The predicted octanol–water partition coefficient (Wildman–Crippen LogP) is 7.56. The molecule has 4 aromatic carbocycles. The van der Waals surface area contributed by atoms with Crippen molar-refractivity contribution < 1.29 is 22.9 Å². The highest BCUT2D eigenvalue weighted by Crippen LogP contribution is 2.35. The number of rotatable bonds is 12. The van der Waals surface area contributed by atoms with Crippen LogP contribution in [0.2, 0.25) is 0 Å². The van der Waals surface area contributed by atoms with Crippen molar-refractivity contribution in [1.82, 2.24) is 4.72 Å². The normalized spacial score (nSPS) is 11.2. The third-order valence-electron chi connectivity index (χ3n) is 7.06. The molecule has 0 radical (unpaired) electrons. The van der Waals surface area contributed by atoms with E-state index in [1.165, 1.54) is 36.0 Å². The highest BCUT2D eigenvalue weighted by molar-refractivity contribution is 7.99. The van der Waals surface area contributed by atoms with Gasteiger partial charge in [-0.2, -0.15) is 0 Å². The molecule has 9 nitrogen and oxygen atoms in total. The molecule has 1 heterocycles. The third-order valence-corrected chi connectivity index (χ3v) is 10.8. The molecule has 0 bridgehead atoms. The topological polar surface area (TPSA) is 135 Å². The number of hydrogen-bond acceptors (Lipinski definition) is 9. The number of nitrogens with one attached hydrogen (secondary N) is 2. The number of sulfonamides is 1. The molecule has 45 heavy (non-hydrogen) atoms. The smallest absolute Gasteiger partial charge is 0.293 e. The molecule has 0 fully saturated rings. The van der Waals surface area contributed by atoms with Gasteiger partial charge in [-0.15, -0.1) is 23.1 Å². The Bertz CT molecular complexity index is 2050. The van der Waals surface area contributed by atoms with Gasteiger partial charge in [-0.1, -0.05) is 49.1 Å². The van der Waals surface area contributed by atoms with Gasteiger partial charge < -0.3 is 5.32 Å². The van der Waals surface area contributed by atoms with Gasteiger partial charge in [0.1, 0.15) is 5.69 Å². The number of aryl methyl sites for hydroxylation is 1. The summed E-state index contributed by atoms with van der Waals surface area (Å²) in [4.78, 5) is 36.7. The first-order chi connectivity index (χ1) is 21.6. The van der Waals surface area contributed by atoms with E-state index in [1.54, 1.807) is 35.6 Å². The number of hydrogen-bond donors (Lipinski definition) is 2. The molecule has 228 valence electrons. The molecule has 2 N–H and O–H groups in total. The van der Waals surface area contributed by atoms with Crippen LogP contribution in [0.1, 0.15) is 31.2 Å². The monoisotopic (exact) mass is 657 g/mol. The zero-order valence-electron chi connectivity index (χ0n) is 24.0. The lowest BCUT2D eigenvalue weighted by molar-refractivity contribution is -0.384. The molecule has 0 aliphatic rings. The van der Waals surface area contributed by atoms with Crippen molar-refractivity contribution in [3.05, 3.63) is 123 Å². The van der Waals surface area contributed by atoms with Gasteiger partial charge in [-0.05, 0) is 71.5 Å². The lowest BCUT2D eigenvalue weighted by Gasteiger charge is -2.11. The highest BCUT2D eigenvalue weighted by atomic mass is 32.2. The summed E-state index contributed by atoms with van der Waals surface area (Å²) in [5.41, 5.74) is 3.29. The second-order valence-electron chi connectivity index (χ2n) is 9.89. The summed E-state index contributed by atoms with van der Waals surface area (Å²) in [5, 5.41) is 15.8. The molecule has 0 spiro atoms. The number of benzene rings is 4. The van der Waals surface area contributed by atoms with E-state index in [4.69, 9.17) is 0 Å². The Hall–Kier alpha value is -4.78. The van der Waals surface area contributed by atoms with Crippen LogP contribution in [0.4, 0.5) is 11.4 Å². The lowest BCUT2D eigenvalue weighted by atomic mass is 10.0. The van der Waals surface area contributed by atoms with Gasteiger partial charge in [0, 0.05) is 44.0 Å². The minimum absolute atomic E-state index is 0.116. The fraction of sp³-hybridized carbons (Fsp3) is 0.0909. The van der Waals surface area contributed by atoms with Crippen LogP contribution < -0.4 is 10.0 Å². The molecule has 1 aromatic heterocycles. The first kappa shape index (κ1) is 31.6. The van der Waals surface area contributed by atoms with E-state index in [0.29, 0.717) is 17.9 Å². The molecule has 0 aliphatic carbocycles. The van der Waals surface area contributed by atoms with Crippen LogP contribution in [0.3, 0.4) is 0 Å². The van der Waals surface area contributed by atoms with E-state index in [2.05, 4.69) is 18.0 Å². The zero-order chi connectivity index (χ0) is 32.1. The number of anilines is 1. The van der Waals surface area contributed by atoms with E-state index in [-0.39, 0.29) is 11.3 Å². The zero-order valence-corrected chi connectivity index (χ0v) is 26.4.